The van der Waals surface area contributed by atoms with E-state index in [2.05, 4.69) is 30.7 Å². The van der Waals surface area contributed by atoms with Crippen molar-refractivity contribution in [2.75, 3.05) is 43.9 Å². The first-order chi connectivity index (χ1) is 20.6. The molecule has 17 heteroatoms. The van der Waals surface area contributed by atoms with Crippen molar-refractivity contribution in [3.05, 3.63) is 40.5 Å². The third-order valence-electron chi connectivity index (χ3n) is 7.23. The first kappa shape index (κ1) is 31.0. The highest BCUT2D eigenvalue weighted by Crippen LogP contribution is 2.34. The quantitative estimate of drug-likeness (QED) is 0.0456. The molecule has 0 radical (unpaired) electrons. The molecule has 6 N–H and O–H groups in total. The normalized spacial score (nSPS) is 18.3. The van der Waals surface area contributed by atoms with E-state index in [9.17, 15) is 9.59 Å². The number of pyridine rings is 1. The zero-order valence-electron chi connectivity index (χ0n) is 23.6. The molecule has 0 aliphatic carbocycles. The average Bonchev–Trinajstić information content (AvgIpc) is 3.29. The minimum Gasteiger partial charge on any atom is -0.490 e. The highest BCUT2D eigenvalue weighted by Gasteiger charge is 2.57. The van der Waals surface area contributed by atoms with Crippen molar-refractivity contribution in [1.82, 2.24) is 20.7 Å². The number of nitrogen functional groups attached to an aromatic ring is 1. The molecule has 2 amide bonds. The Morgan fingerprint density at radius 3 is 2.81 bits per heavy atom. The predicted octanol–water partition coefficient (Wildman–Crippen LogP) is 1.95. The van der Waals surface area contributed by atoms with Gasteiger partial charge in [-0.3, -0.25) is 14.9 Å². The van der Waals surface area contributed by atoms with Crippen LogP contribution in [-0.2, 0) is 25.8 Å². The lowest BCUT2D eigenvalue weighted by atomic mass is 9.84. The molecule has 2 saturated heterocycles. The summed E-state index contributed by atoms with van der Waals surface area (Å²) in [5, 5.41) is 16.6. The molecule has 0 unspecified atom stereocenters. The molecule has 0 spiro atoms. The fourth-order valence-corrected chi connectivity index (χ4v) is 5.98. The van der Waals surface area contributed by atoms with Crippen molar-refractivity contribution in [3.8, 4) is 5.75 Å². The minimum atomic E-state index is -0.962. The van der Waals surface area contributed by atoms with Crippen LogP contribution in [0.15, 0.2) is 35.6 Å². The van der Waals surface area contributed by atoms with Crippen LogP contribution in [0.5, 0.6) is 5.75 Å². The maximum absolute atomic E-state index is 13.2. The third-order valence-corrected chi connectivity index (χ3v) is 8.53. The van der Waals surface area contributed by atoms with Crippen LogP contribution in [0.2, 0.25) is 4.34 Å². The maximum atomic E-state index is 13.2. The van der Waals surface area contributed by atoms with Crippen molar-refractivity contribution >= 4 is 74.5 Å². The number of benzene rings is 1. The summed E-state index contributed by atoms with van der Waals surface area (Å²) in [4.78, 5) is 35.2. The fraction of sp³-hybridized carbons (Fsp3) is 0.423. The Bertz CT molecular complexity index is 1550. The van der Waals surface area contributed by atoms with Crippen LogP contribution in [0.25, 0.3) is 10.8 Å². The van der Waals surface area contributed by atoms with Gasteiger partial charge in [0.25, 0.3) is 17.6 Å². The smallest absolute Gasteiger partial charge is 0.282 e. The lowest BCUT2D eigenvalue weighted by Gasteiger charge is -2.50. The van der Waals surface area contributed by atoms with Gasteiger partial charge >= 0.3 is 0 Å². The monoisotopic (exact) mass is 651 g/mol. The van der Waals surface area contributed by atoms with Gasteiger partial charge in [-0.25, -0.2) is 9.55 Å². The van der Waals surface area contributed by atoms with Gasteiger partial charge in [-0.05, 0) is 43.5 Å². The van der Waals surface area contributed by atoms with Gasteiger partial charge in [0, 0.05) is 19.0 Å². The predicted molar refractivity (Wildman–Crippen MR) is 164 cm³/mol. The number of β-lactam (4-membered cyclic amide) rings is 1. The van der Waals surface area contributed by atoms with Gasteiger partial charge in [-0.1, -0.05) is 28.1 Å². The van der Waals surface area contributed by atoms with E-state index in [1.807, 2.05) is 37.5 Å². The lowest BCUT2D eigenvalue weighted by molar-refractivity contribution is -0.656. The lowest BCUT2D eigenvalue weighted by Crippen LogP contribution is -2.76. The largest absolute Gasteiger partial charge is 0.490 e. The summed E-state index contributed by atoms with van der Waals surface area (Å²) in [6, 6.07) is 6.91. The summed E-state index contributed by atoms with van der Waals surface area (Å²) >= 11 is 7.25. The zero-order chi connectivity index (χ0) is 30.7. The number of aryl methyl sites for hydroxylation is 1. The average molecular weight is 652 g/mol. The van der Waals surface area contributed by atoms with E-state index in [0.29, 0.717) is 11.7 Å². The first-order valence-corrected chi connectivity index (χ1v) is 15.2. The number of carbonyl (C=O) groups is 2. The van der Waals surface area contributed by atoms with Crippen LogP contribution in [0, 0.1) is 5.92 Å². The van der Waals surface area contributed by atoms with Crippen LogP contribution in [0.4, 0.5) is 10.9 Å². The molecule has 0 saturated carbocycles. The van der Waals surface area contributed by atoms with Crippen molar-refractivity contribution in [2.45, 2.75) is 25.4 Å². The minimum absolute atomic E-state index is 0.00122. The molecule has 14 nitrogen and oxygen atoms in total. The van der Waals surface area contributed by atoms with Gasteiger partial charge < -0.3 is 30.5 Å². The molecule has 2 aliphatic heterocycles. The van der Waals surface area contributed by atoms with E-state index in [1.165, 1.54) is 0 Å². The summed E-state index contributed by atoms with van der Waals surface area (Å²) in [6.45, 7) is 6.41. The van der Waals surface area contributed by atoms with Crippen LogP contribution >= 0.6 is 35.3 Å². The Kier molecular flexibility index (Phi) is 9.43. The number of fused-ring (bicyclic) bond motifs is 1. The Morgan fingerprint density at radius 2 is 2.16 bits per heavy atom. The number of hydrogen-bond acceptors (Lipinski definition) is 13. The van der Waals surface area contributed by atoms with Gasteiger partial charge in [-0.2, -0.15) is 9.35 Å². The van der Waals surface area contributed by atoms with Crippen molar-refractivity contribution in [3.63, 3.8) is 0 Å². The number of halogens is 1. The van der Waals surface area contributed by atoms with Crippen molar-refractivity contribution < 1.29 is 32.6 Å². The summed E-state index contributed by atoms with van der Waals surface area (Å²) in [5.41, 5.74) is 4.59. The van der Waals surface area contributed by atoms with Gasteiger partial charge in [0.2, 0.25) is 0 Å². The molecule has 3 aromatic rings. The number of anilines is 2. The van der Waals surface area contributed by atoms with Gasteiger partial charge in [0.15, 0.2) is 29.8 Å². The number of amides is 2. The maximum Gasteiger partial charge on any atom is 0.282 e. The second-order valence-electron chi connectivity index (χ2n) is 10.6. The van der Waals surface area contributed by atoms with Gasteiger partial charge in [0.05, 0.1) is 30.7 Å². The number of nitrogens with two attached hydrogens (primary N) is 1. The number of carbonyl (C=O) groups excluding carboxylic acids is 2. The van der Waals surface area contributed by atoms with E-state index in [1.54, 1.807) is 13.8 Å². The summed E-state index contributed by atoms with van der Waals surface area (Å²) < 4.78 is 21.9. The second kappa shape index (κ2) is 13.1. The molecule has 230 valence electrons. The highest BCUT2D eigenvalue weighted by molar-refractivity contribution is 7.88. The second-order valence-corrected chi connectivity index (χ2v) is 12.5. The molecule has 2 aliphatic rings. The zero-order valence-corrected chi connectivity index (χ0v) is 26.0. The topological polar surface area (TPSA) is 177 Å². The Hall–Kier alpha value is -3.41. The number of aromatic nitrogens is 2. The standard InChI is InChI=1S/C26H31ClN8O6S2/c1-26(2)20(24(37)35(26)41-43-38)32-23(36)19(18-21(27)42-25(28)31-18)33-40-9-8-39-16-4-5-17-15(10-16)6-7-34(3)22(17)30-13-14-11-29-12-14/h4-7,10,14,20,29H,8-9,11-13H2,1-3H3,(H4,28,31,32,36,38)/p+1/b33-19-/t20-/m1/s1. The van der Waals surface area contributed by atoms with Crippen LogP contribution < -0.4 is 31.0 Å². The number of thiazole rings is 1. The third kappa shape index (κ3) is 6.58. The van der Waals surface area contributed by atoms with E-state index < -0.39 is 23.4 Å². The molecule has 0 bridgehead atoms. The molecule has 2 aromatic heterocycles. The molecule has 5 rings (SSSR count). The first-order valence-electron chi connectivity index (χ1n) is 13.3. The summed E-state index contributed by atoms with van der Waals surface area (Å²) in [6.07, 6.45) is 2.00. The molecule has 1 atom stereocenters. The summed E-state index contributed by atoms with van der Waals surface area (Å²) in [5.74, 6) is 1.01. The van der Waals surface area contributed by atoms with Crippen molar-refractivity contribution in [1.29, 1.82) is 0 Å². The summed E-state index contributed by atoms with van der Waals surface area (Å²) in [7, 11) is 2.01. The number of ether oxygens (including phenoxy) is 1. The van der Waals surface area contributed by atoms with E-state index in [4.69, 9.17) is 35.7 Å². The highest BCUT2D eigenvalue weighted by atomic mass is 35.5. The Balaban J connectivity index is 1.22. The van der Waals surface area contributed by atoms with E-state index >= 15 is 0 Å². The van der Waals surface area contributed by atoms with Gasteiger partial charge in [-0.15, -0.1) is 0 Å². The van der Waals surface area contributed by atoms with E-state index in [0.717, 1.165) is 52.6 Å². The number of nitrogens with zero attached hydrogens (tertiary/aromatic N) is 4. The van der Waals surface area contributed by atoms with Crippen LogP contribution in [-0.4, -0.2) is 76.6 Å². The Labute approximate surface area is 260 Å². The van der Waals surface area contributed by atoms with Crippen LogP contribution in [0.3, 0.4) is 0 Å². The van der Waals surface area contributed by atoms with Crippen molar-refractivity contribution in [2.24, 2.45) is 18.1 Å². The number of nitrogens with one attached hydrogen (secondary N) is 3. The molecule has 1 aromatic carbocycles. The SMILES string of the molecule is C[n+]1ccc2cc(OCCO/N=C(\C(=O)N[C@@H]3C(=O)N(OSO)C3(C)C)c3nc(N)sc3Cl)ccc2c1NCC1CNC1. The number of oxime groups is 1. The van der Waals surface area contributed by atoms with Gasteiger partial charge in [0.1, 0.15) is 28.4 Å². The number of hydroxylamine groups is 2. The molecular formula is C26H32ClN8O6S2+. The number of hydrogen-bond donors (Lipinski definition) is 5. The van der Waals surface area contributed by atoms with E-state index in [-0.39, 0.29) is 46.4 Å². The number of rotatable bonds is 13. The molecular weight excluding hydrogens is 620 g/mol. The molecule has 43 heavy (non-hydrogen) atoms. The molecule has 2 fully saturated rings. The van der Waals surface area contributed by atoms with Crippen LogP contribution in [0.1, 0.15) is 19.5 Å². The molecule has 4 heterocycles. The fourth-order valence-electron chi connectivity index (χ4n) is 4.72. The Morgan fingerprint density at radius 1 is 1.37 bits per heavy atom.